The minimum absolute atomic E-state index is 0.145. The number of rotatable bonds is 8. The van der Waals surface area contributed by atoms with Gasteiger partial charge in [-0.1, -0.05) is 91.0 Å². The Bertz CT molecular complexity index is 1430. The molecule has 0 fully saturated rings. The maximum atomic E-state index is 12.9. The standard InChI is InChI=1S/C30H24O4/c31-26-16-17-32-30-25(18-22-10-4-1-5-11-22)27(33-20-23-12-6-2-7-13-23)19-28(29(26)30)34-21-24-14-8-3-9-15-24/h1-17,19H,18,20-21H2. The topological polar surface area (TPSA) is 48.7 Å². The van der Waals surface area contributed by atoms with Gasteiger partial charge in [-0.2, -0.15) is 0 Å². The number of hydrogen-bond donors (Lipinski definition) is 0. The van der Waals surface area contributed by atoms with Crippen molar-refractivity contribution in [2.75, 3.05) is 0 Å². The van der Waals surface area contributed by atoms with Gasteiger partial charge in [0.15, 0.2) is 5.43 Å². The molecule has 0 N–H and O–H groups in total. The number of hydrogen-bond acceptors (Lipinski definition) is 4. The maximum Gasteiger partial charge on any atom is 0.196 e. The third-order valence-corrected chi connectivity index (χ3v) is 5.66. The predicted octanol–water partition coefficient (Wildman–Crippen LogP) is 6.54. The van der Waals surface area contributed by atoms with Gasteiger partial charge in [-0.15, -0.1) is 0 Å². The molecule has 0 unspecified atom stereocenters. The Balaban J connectivity index is 1.59. The lowest BCUT2D eigenvalue weighted by Gasteiger charge is -2.17. The fraction of sp³-hybridized carbons (Fsp3) is 0.100. The van der Waals surface area contributed by atoms with Crippen molar-refractivity contribution in [3.8, 4) is 11.5 Å². The van der Waals surface area contributed by atoms with Crippen molar-refractivity contribution in [3.05, 3.63) is 142 Å². The summed E-state index contributed by atoms with van der Waals surface area (Å²) >= 11 is 0. The molecule has 1 heterocycles. The number of ether oxygens (including phenoxy) is 2. The second kappa shape index (κ2) is 10.1. The number of benzene rings is 4. The molecule has 0 saturated heterocycles. The van der Waals surface area contributed by atoms with Crippen molar-refractivity contribution < 1.29 is 13.9 Å². The Morgan fingerprint density at radius 1 is 0.618 bits per heavy atom. The van der Waals surface area contributed by atoms with Crippen LogP contribution in [0.3, 0.4) is 0 Å². The molecular formula is C30H24O4. The summed E-state index contributed by atoms with van der Waals surface area (Å²) in [4.78, 5) is 12.9. The molecule has 0 atom stereocenters. The van der Waals surface area contributed by atoms with E-state index in [1.807, 2.05) is 97.1 Å². The van der Waals surface area contributed by atoms with Crippen molar-refractivity contribution >= 4 is 11.0 Å². The molecule has 0 radical (unpaired) electrons. The molecule has 168 valence electrons. The van der Waals surface area contributed by atoms with Gasteiger partial charge in [0.25, 0.3) is 0 Å². The highest BCUT2D eigenvalue weighted by molar-refractivity contribution is 5.88. The molecule has 0 spiro atoms. The first-order valence-electron chi connectivity index (χ1n) is 11.2. The van der Waals surface area contributed by atoms with Crippen LogP contribution in [0.2, 0.25) is 0 Å². The van der Waals surface area contributed by atoms with E-state index in [0.717, 1.165) is 22.3 Å². The molecule has 0 aliphatic heterocycles. The lowest BCUT2D eigenvalue weighted by Crippen LogP contribution is -2.08. The van der Waals surface area contributed by atoms with Gasteiger partial charge in [-0.05, 0) is 16.7 Å². The van der Waals surface area contributed by atoms with E-state index in [1.165, 1.54) is 12.3 Å². The molecule has 4 nitrogen and oxygen atoms in total. The second-order valence-electron chi connectivity index (χ2n) is 8.05. The second-order valence-corrected chi connectivity index (χ2v) is 8.05. The number of fused-ring (bicyclic) bond motifs is 1. The summed E-state index contributed by atoms with van der Waals surface area (Å²) in [7, 11) is 0. The van der Waals surface area contributed by atoms with Gasteiger partial charge in [-0.3, -0.25) is 4.79 Å². The average molecular weight is 449 g/mol. The normalized spacial score (nSPS) is 10.8. The Morgan fingerprint density at radius 2 is 1.15 bits per heavy atom. The first-order valence-corrected chi connectivity index (χ1v) is 11.2. The van der Waals surface area contributed by atoms with E-state index in [9.17, 15) is 4.79 Å². The molecule has 0 saturated carbocycles. The highest BCUT2D eigenvalue weighted by Gasteiger charge is 2.19. The van der Waals surface area contributed by atoms with Crippen LogP contribution in [0.25, 0.3) is 11.0 Å². The lowest BCUT2D eigenvalue weighted by molar-refractivity contribution is 0.290. The third-order valence-electron chi connectivity index (χ3n) is 5.66. The highest BCUT2D eigenvalue weighted by Crippen LogP contribution is 2.36. The highest BCUT2D eigenvalue weighted by atomic mass is 16.5. The van der Waals surface area contributed by atoms with Gasteiger partial charge in [0.1, 0.15) is 35.7 Å². The minimum Gasteiger partial charge on any atom is -0.488 e. The van der Waals surface area contributed by atoms with Gasteiger partial charge in [0.05, 0.1) is 6.26 Å². The summed E-state index contributed by atoms with van der Waals surface area (Å²) in [6.07, 6.45) is 1.99. The molecule has 0 aliphatic carbocycles. The summed E-state index contributed by atoms with van der Waals surface area (Å²) in [6, 6.07) is 33.2. The van der Waals surface area contributed by atoms with E-state index in [-0.39, 0.29) is 5.43 Å². The summed E-state index contributed by atoms with van der Waals surface area (Å²) in [5.74, 6) is 1.09. The van der Waals surface area contributed by atoms with E-state index in [2.05, 4.69) is 0 Å². The van der Waals surface area contributed by atoms with E-state index in [1.54, 1.807) is 0 Å². The van der Waals surface area contributed by atoms with Crippen LogP contribution in [-0.2, 0) is 19.6 Å². The fourth-order valence-electron chi connectivity index (χ4n) is 3.94. The van der Waals surface area contributed by atoms with E-state index in [4.69, 9.17) is 13.9 Å². The third kappa shape index (κ3) is 4.86. The smallest absolute Gasteiger partial charge is 0.196 e. The quantitative estimate of drug-likeness (QED) is 0.270. The largest absolute Gasteiger partial charge is 0.488 e. The zero-order chi connectivity index (χ0) is 23.2. The van der Waals surface area contributed by atoms with Gasteiger partial charge in [0, 0.05) is 24.1 Å². The molecule has 0 aliphatic rings. The zero-order valence-corrected chi connectivity index (χ0v) is 18.6. The maximum absolute atomic E-state index is 12.9. The van der Waals surface area contributed by atoms with Crippen LogP contribution in [0.5, 0.6) is 11.5 Å². The van der Waals surface area contributed by atoms with Gasteiger partial charge in [-0.25, -0.2) is 0 Å². The molecule has 34 heavy (non-hydrogen) atoms. The van der Waals surface area contributed by atoms with Crippen LogP contribution >= 0.6 is 0 Å². The molecule has 0 bridgehead atoms. The lowest BCUT2D eigenvalue weighted by atomic mass is 10.0. The first-order chi connectivity index (χ1) is 16.8. The van der Waals surface area contributed by atoms with Crippen molar-refractivity contribution in [1.29, 1.82) is 0 Å². The monoisotopic (exact) mass is 448 g/mol. The van der Waals surface area contributed by atoms with Crippen LogP contribution in [0.4, 0.5) is 0 Å². The van der Waals surface area contributed by atoms with Crippen LogP contribution in [0.1, 0.15) is 22.3 Å². The van der Waals surface area contributed by atoms with Crippen molar-refractivity contribution in [2.45, 2.75) is 19.6 Å². The van der Waals surface area contributed by atoms with Crippen molar-refractivity contribution in [3.63, 3.8) is 0 Å². The molecule has 5 aromatic rings. The van der Waals surface area contributed by atoms with Gasteiger partial charge < -0.3 is 13.9 Å². The molecule has 5 rings (SSSR count). The Hall–Kier alpha value is -4.31. The van der Waals surface area contributed by atoms with E-state index >= 15 is 0 Å². The summed E-state index contributed by atoms with van der Waals surface area (Å²) in [6.45, 7) is 0.726. The SMILES string of the molecule is O=c1ccoc2c(Cc3ccccc3)c(OCc3ccccc3)cc(OCc3ccccc3)c12. The predicted molar refractivity (Wildman–Crippen MR) is 133 cm³/mol. The summed E-state index contributed by atoms with van der Waals surface area (Å²) < 4.78 is 18.4. The van der Waals surface area contributed by atoms with E-state index < -0.39 is 0 Å². The van der Waals surface area contributed by atoms with Crippen LogP contribution < -0.4 is 14.9 Å². The summed E-state index contributed by atoms with van der Waals surface area (Å²) in [5, 5.41) is 0.427. The Kier molecular flexibility index (Phi) is 6.39. The average Bonchev–Trinajstić information content (AvgIpc) is 2.89. The van der Waals surface area contributed by atoms with Crippen molar-refractivity contribution in [2.24, 2.45) is 0 Å². The molecule has 0 amide bonds. The molecule has 1 aromatic heterocycles. The first kappa shape index (κ1) is 21.5. The molecular weight excluding hydrogens is 424 g/mol. The Morgan fingerprint density at radius 3 is 1.74 bits per heavy atom. The Labute approximate surface area is 198 Å². The van der Waals surface area contributed by atoms with Crippen LogP contribution in [0, 0.1) is 0 Å². The molecule has 4 heteroatoms. The fourth-order valence-corrected chi connectivity index (χ4v) is 3.94. The van der Waals surface area contributed by atoms with Gasteiger partial charge in [0.2, 0.25) is 0 Å². The van der Waals surface area contributed by atoms with Crippen molar-refractivity contribution in [1.82, 2.24) is 0 Å². The van der Waals surface area contributed by atoms with Crippen LogP contribution in [0.15, 0.2) is 119 Å². The summed E-state index contributed by atoms with van der Waals surface area (Å²) in [5.41, 5.74) is 4.32. The molecule has 4 aromatic carbocycles. The van der Waals surface area contributed by atoms with Crippen LogP contribution in [-0.4, -0.2) is 0 Å². The minimum atomic E-state index is -0.145. The van der Waals surface area contributed by atoms with E-state index in [0.29, 0.717) is 42.1 Å². The zero-order valence-electron chi connectivity index (χ0n) is 18.6. The van der Waals surface area contributed by atoms with Gasteiger partial charge >= 0.3 is 0 Å².